The van der Waals surface area contributed by atoms with Gasteiger partial charge in [-0.05, 0) is 37.4 Å². The standard InChI is InChI=1S/C11H20N2OS/c1-8-5-6-13(7-10(8)14-2)11(15)12-9-3-4-9/h8-10H,3-7H2,1-2H3,(H,12,15). The number of hydrogen-bond acceptors (Lipinski definition) is 2. The van der Waals surface area contributed by atoms with Gasteiger partial charge in [-0.3, -0.25) is 0 Å². The van der Waals surface area contributed by atoms with Gasteiger partial charge in [0.25, 0.3) is 0 Å². The molecule has 0 amide bonds. The lowest BCUT2D eigenvalue weighted by Gasteiger charge is -2.37. The molecule has 0 aromatic rings. The van der Waals surface area contributed by atoms with E-state index in [-0.39, 0.29) is 0 Å². The molecule has 1 saturated heterocycles. The van der Waals surface area contributed by atoms with E-state index in [0.29, 0.717) is 18.1 Å². The normalized spacial score (nSPS) is 31.5. The van der Waals surface area contributed by atoms with Crippen LogP contribution in [0.25, 0.3) is 0 Å². The highest BCUT2D eigenvalue weighted by atomic mass is 32.1. The van der Waals surface area contributed by atoms with E-state index in [1.165, 1.54) is 19.3 Å². The third-order valence-corrected chi connectivity index (χ3v) is 3.76. The van der Waals surface area contributed by atoms with Gasteiger partial charge in [0.05, 0.1) is 6.10 Å². The summed E-state index contributed by atoms with van der Waals surface area (Å²) in [6.45, 7) is 4.26. The van der Waals surface area contributed by atoms with Gasteiger partial charge >= 0.3 is 0 Å². The molecule has 1 aliphatic carbocycles. The number of hydrogen-bond donors (Lipinski definition) is 1. The van der Waals surface area contributed by atoms with Crippen molar-refractivity contribution in [2.24, 2.45) is 5.92 Å². The van der Waals surface area contributed by atoms with Crippen LogP contribution in [0.15, 0.2) is 0 Å². The van der Waals surface area contributed by atoms with Gasteiger partial charge in [-0.25, -0.2) is 0 Å². The van der Waals surface area contributed by atoms with Crippen LogP contribution in [0.2, 0.25) is 0 Å². The first-order chi connectivity index (χ1) is 7.20. The molecule has 3 nitrogen and oxygen atoms in total. The number of piperidine rings is 1. The summed E-state index contributed by atoms with van der Waals surface area (Å²) in [6, 6.07) is 0.651. The number of nitrogens with zero attached hydrogens (tertiary/aromatic N) is 1. The molecule has 0 aromatic carbocycles. The van der Waals surface area contributed by atoms with E-state index in [4.69, 9.17) is 17.0 Å². The highest BCUT2D eigenvalue weighted by Crippen LogP contribution is 2.22. The Morgan fingerprint density at radius 3 is 2.73 bits per heavy atom. The lowest BCUT2D eigenvalue weighted by Crippen LogP contribution is -2.50. The topological polar surface area (TPSA) is 24.5 Å². The minimum atomic E-state index is 0.331. The Balaban J connectivity index is 1.84. The van der Waals surface area contributed by atoms with E-state index < -0.39 is 0 Å². The second-order valence-electron chi connectivity index (χ2n) is 4.71. The fourth-order valence-corrected chi connectivity index (χ4v) is 2.35. The van der Waals surface area contributed by atoms with E-state index in [9.17, 15) is 0 Å². The third-order valence-electron chi connectivity index (χ3n) is 3.38. The summed E-state index contributed by atoms with van der Waals surface area (Å²) in [7, 11) is 1.79. The van der Waals surface area contributed by atoms with E-state index >= 15 is 0 Å². The van der Waals surface area contributed by atoms with Crippen molar-refractivity contribution in [3.05, 3.63) is 0 Å². The maximum atomic E-state index is 5.48. The van der Waals surface area contributed by atoms with Gasteiger partial charge in [0.1, 0.15) is 0 Å². The average molecular weight is 228 g/mol. The molecule has 2 atom stereocenters. The first-order valence-electron chi connectivity index (χ1n) is 5.79. The third kappa shape index (κ3) is 2.82. The molecule has 1 N–H and O–H groups in total. The molecule has 2 aliphatic rings. The fraction of sp³-hybridized carbons (Fsp3) is 0.909. The van der Waals surface area contributed by atoms with Gasteiger partial charge in [-0.15, -0.1) is 0 Å². The van der Waals surface area contributed by atoms with E-state index in [2.05, 4.69) is 17.1 Å². The van der Waals surface area contributed by atoms with Gasteiger partial charge in [0, 0.05) is 26.2 Å². The predicted octanol–water partition coefficient (Wildman–Crippen LogP) is 1.38. The van der Waals surface area contributed by atoms with Crippen LogP contribution in [0.1, 0.15) is 26.2 Å². The van der Waals surface area contributed by atoms with Crippen LogP contribution < -0.4 is 5.32 Å². The average Bonchev–Trinajstić information content (AvgIpc) is 3.02. The summed E-state index contributed by atoms with van der Waals surface area (Å²) in [6.07, 6.45) is 4.05. The molecule has 2 unspecified atom stereocenters. The molecule has 1 aliphatic heterocycles. The Kier molecular flexibility index (Phi) is 3.46. The Morgan fingerprint density at radius 1 is 1.40 bits per heavy atom. The summed E-state index contributed by atoms with van der Waals surface area (Å²) in [5, 5.41) is 4.31. The van der Waals surface area contributed by atoms with Crippen molar-refractivity contribution in [1.29, 1.82) is 0 Å². The van der Waals surface area contributed by atoms with Crippen LogP contribution in [-0.2, 0) is 4.74 Å². The number of rotatable bonds is 2. The SMILES string of the molecule is COC1CN(C(=S)NC2CC2)CCC1C. The van der Waals surface area contributed by atoms with E-state index in [1.807, 2.05) is 0 Å². The number of nitrogens with one attached hydrogen (secondary N) is 1. The molecule has 0 spiro atoms. The number of likely N-dealkylation sites (tertiary alicyclic amines) is 1. The van der Waals surface area contributed by atoms with Crippen LogP contribution in [0, 0.1) is 5.92 Å². The molecule has 2 rings (SSSR count). The maximum Gasteiger partial charge on any atom is 0.169 e. The second kappa shape index (κ2) is 4.66. The molecule has 0 bridgehead atoms. The van der Waals surface area contributed by atoms with Crippen LogP contribution in [0.4, 0.5) is 0 Å². The second-order valence-corrected chi connectivity index (χ2v) is 5.10. The van der Waals surface area contributed by atoms with Crippen molar-refractivity contribution < 1.29 is 4.74 Å². The fourth-order valence-electron chi connectivity index (χ4n) is 2.02. The van der Waals surface area contributed by atoms with Crippen molar-refractivity contribution in [2.45, 2.75) is 38.3 Å². The Bertz CT molecular complexity index is 243. The van der Waals surface area contributed by atoms with Crippen LogP contribution >= 0.6 is 12.2 Å². The summed E-state index contributed by atoms with van der Waals surface area (Å²) in [4.78, 5) is 2.25. The van der Waals surface area contributed by atoms with Crippen LogP contribution in [0.5, 0.6) is 0 Å². The van der Waals surface area contributed by atoms with Gasteiger partial charge in [-0.1, -0.05) is 6.92 Å². The smallest absolute Gasteiger partial charge is 0.169 e. The zero-order valence-electron chi connectivity index (χ0n) is 9.53. The first-order valence-corrected chi connectivity index (χ1v) is 6.19. The summed E-state index contributed by atoms with van der Waals surface area (Å²) >= 11 is 5.39. The van der Waals surface area contributed by atoms with Crippen molar-refractivity contribution in [2.75, 3.05) is 20.2 Å². The monoisotopic (exact) mass is 228 g/mol. The van der Waals surface area contributed by atoms with Gasteiger partial charge < -0.3 is 15.0 Å². The van der Waals surface area contributed by atoms with Gasteiger partial charge in [0.2, 0.25) is 0 Å². The number of ether oxygens (including phenoxy) is 1. The van der Waals surface area contributed by atoms with Gasteiger partial charge in [0.15, 0.2) is 5.11 Å². The molecule has 1 saturated carbocycles. The lowest BCUT2D eigenvalue weighted by molar-refractivity contribution is 0.0147. The maximum absolute atomic E-state index is 5.48. The minimum absolute atomic E-state index is 0.331. The number of methoxy groups -OCH3 is 1. The Hall–Kier alpha value is -0.350. The van der Waals surface area contributed by atoms with Crippen molar-refractivity contribution >= 4 is 17.3 Å². The van der Waals surface area contributed by atoms with Gasteiger partial charge in [-0.2, -0.15) is 0 Å². The summed E-state index contributed by atoms with van der Waals surface area (Å²) in [5.41, 5.74) is 0. The molecule has 0 radical (unpaired) electrons. The zero-order chi connectivity index (χ0) is 10.8. The van der Waals surface area contributed by atoms with Crippen LogP contribution in [-0.4, -0.2) is 42.4 Å². The molecule has 15 heavy (non-hydrogen) atoms. The summed E-state index contributed by atoms with van der Waals surface area (Å²) < 4.78 is 5.48. The van der Waals surface area contributed by atoms with E-state index in [1.54, 1.807) is 7.11 Å². The molecule has 4 heteroatoms. The largest absolute Gasteiger partial charge is 0.379 e. The molecule has 2 fully saturated rings. The molecule has 1 heterocycles. The highest BCUT2D eigenvalue weighted by Gasteiger charge is 2.29. The first kappa shape index (κ1) is 11.1. The molecule has 86 valence electrons. The Labute approximate surface area is 97.2 Å². The minimum Gasteiger partial charge on any atom is -0.379 e. The van der Waals surface area contributed by atoms with Crippen molar-refractivity contribution in [3.8, 4) is 0 Å². The summed E-state index contributed by atoms with van der Waals surface area (Å²) in [5.74, 6) is 0.648. The quantitative estimate of drug-likeness (QED) is 0.722. The van der Waals surface area contributed by atoms with Crippen LogP contribution in [0.3, 0.4) is 0 Å². The predicted molar refractivity (Wildman–Crippen MR) is 64.9 cm³/mol. The molecular weight excluding hydrogens is 208 g/mol. The van der Waals surface area contributed by atoms with E-state index in [0.717, 1.165) is 18.2 Å². The Morgan fingerprint density at radius 2 is 2.13 bits per heavy atom. The van der Waals surface area contributed by atoms with Crippen molar-refractivity contribution in [1.82, 2.24) is 10.2 Å². The molecular formula is C11H20N2OS. The highest BCUT2D eigenvalue weighted by molar-refractivity contribution is 7.80. The van der Waals surface area contributed by atoms with Crippen molar-refractivity contribution in [3.63, 3.8) is 0 Å². The number of thiocarbonyl (C=S) groups is 1. The zero-order valence-corrected chi connectivity index (χ0v) is 10.3. The molecule has 0 aromatic heterocycles. The lowest BCUT2D eigenvalue weighted by atomic mass is 9.96.